The average molecular weight is 251 g/mol. The first-order valence-corrected chi connectivity index (χ1v) is 5.58. The van der Waals surface area contributed by atoms with Crippen LogP contribution in [-0.2, 0) is 4.74 Å². The third-order valence-corrected chi connectivity index (χ3v) is 1.89. The van der Waals surface area contributed by atoms with E-state index in [0.29, 0.717) is 18.4 Å². The van der Waals surface area contributed by atoms with E-state index in [1.165, 1.54) is 6.26 Å². The second kappa shape index (κ2) is 6.05. The van der Waals surface area contributed by atoms with Gasteiger partial charge in [0.15, 0.2) is 12.0 Å². The summed E-state index contributed by atoms with van der Waals surface area (Å²) >= 11 is 0. The summed E-state index contributed by atoms with van der Waals surface area (Å²) in [6.07, 6.45) is 5.01. The monoisotopic (exact) mass is 251 g/mol. The lowest BCUT2D eigenvalue weighted by Crippen LogP contribution is -2.32. The fourth-order valence-corrected chi connectivity index (χ4v) is 1.21. The van der Waals surface area contributed by atoms with Crippen molar-refractivity contribution in [3.05, 3.63) is 29.7 Å². The Bertz CT molecular complexity index is 440. The van der Waals surface area contributed by atoms with Gasteiger partial charge in [-0.1, -0.05) is 12.2 Å². The van der Waals surface area contributed by atoms with Gasteiger partial charge in [0.05, 0.1) is 6.26 Å². The number of alkyl carbamates (subject to hydrolysis) is 1. The van der Waals surface area contributed by atoms with Crippen LogP contribution in [0.2, 0.25) is 0 Å². The van der Waals surface area contributed by atoms with Gasteiger partial charge in [0.2, 0.25) is 0 Å². The smallest absolute Gasteiger partial charge is 0.407 e. The van der Waals surface area contributed by atoms with Crippen LogP contribution in [0.1, 0.15) is 36.9 Å². The van der Waals surface area contributed by atoms with Gasteiger partial charge in [0.1, 0.15) is 5.60 Å². The number of rotatable bonds is 4. The van der Waals surface area contributed by atoms with E-state index in [1.807, 2.05) is 0 Å². The second-order valence-corrected chi connectivity index (χ2v) is 4.64. The Hall–Kier alpha value is -2.04. The highest BCUT2D eigenvalue weighted by Gasteiger charge is 2.14. The van der Waals surface area contributed by atoms with E-state index in [9.17, 15) is 9.59 Å². The summed E-state index contributed by atoms with van der Waals surface area (Å²) in [4.78, 5) is 21.9. The summed E-state index contributed by atoms with van der Waals surface area (Å²) in [5, 5.41) is 2.57. The van der Waals surface area contributed by atoms with E-state index >= 15 is 0 Å². The number of amides is 1. The van der Waals surface area contributed by atoms with Gasteiger partial charge in [0.25, 0.3) is 0 Å². The van der Waals surface area contributed by atoms with Gasteiger partial charge in [-0.05, 0) is 26.8 Å². The van der Waals surface area contributed by atoms with Gasteiger partial charge in [-0.2, -0.15) is 0 Å². The maximum Gasteiger partial charge on any atom is 0.407 e. The first kappa shape index (κ1) is 14.0. The van der Waals surface area contributed by atoms with Crippen LogP contribution in [0, 0.1) is 0 Å². The lowest BCUT2D eigenvalue weighted by Gasteiger charge is -2.19. The van der Waals surface area contributed by atoms with Crippen molar-refractivity contribution >= 4 is 18.5 Å². The van der Waals surface area contributed by atoms with Crippen LogP contribution in [0.3, 0.4) is 0 Å². The van der Waals surface area contributed by atoms with Crippen molar-refractivity contribution in [2.24, 2.45) is 0 Å². The molecule has 0 saturated heterocycles. The van der Waals surface area contributed by atoms with Gasteiger partial charge >= 0.3 is 6.09 Å². The molecule has 0 unspecified atom stereocenters. The summed E-state index contributed by atoms with van der Waals surface area (Å²) in [7, 11) is 0. The normalized spacial score (nSPS) is 11.5. The van der Waals surface area contributed by atoms with Crippen molar-refractivity contribution in [1.82, 2.24) is 5.32 Å². The molecule has 98 valence electrons. The molecule has 0 saturated carbocycles. The fraction of sp³-hybridized carbons (Fsp3) is 0.385. The number of hydrogen-bond donors (Lipinski definition) is 1. The Morgan fingerprint density at radius 1 is 1.50 bits per heavy atom. The number of furan rings is 1. The van der Waals surface area contributed by atoms with Crippen LogP contribution < -0.4 is 5.32 Å². The number of nitrogens with one attached hydrogen (secondary N) is 1. The molecule has 0 aliphatic carbocycles. The average Bonchev–Trinajstić information content (AvgIpc) is 2.69. The van der Waals surface area contributed by atoms with Crippen molar-refractivity contribution in [2.45, 2.75) is 26.4 Å². The Morgan fingerprint density at radius 2 is 2.22 bits per heavy atom. The van der Waals surface area contributed by atoms with E-state index in [1.54, 1.807) is 39.0 Å². The molecular formula is C13H17NO4. The van der Waals surface area contributed by atoms with Crippen molar-refractivity contribution in [2.75, 3.05) is 6.54 Å². The number of ether oxygens (including phenoxy) is 1. The number of hydrogen-bond acceptors (Lipinski definition) is 4. The number of carbonyl (C=O) groups excluding carboxylic acids is 2. The first-order chi connectivity index (χ1) is 8.42. The summed E-state index contributed by atoms with van der Waals surface area (Å²) < 4.78 is 9.99. The van der Waals surface area contributed by atoms with Gasteiger partial charge < -0.3 is 14.5 Å². The molecule has 1 aromatic rings. The lowest BCUT2D eigenvalue weighted by atomic mass is 10.2. The van der Waals surface area contributed by atoms with Crippen molar-refractivity contribution in [1.29, 1.82) is 0 Å². The maximum atomic E-state index is 11.3. The molecule has 1 heterocycles. The molecule has 1 aromatic heterocycles. The quantitative estimate of drug-likeness (QED) is 0.835. The van der Waals surface area contributed by atoms with Gasteiger partial charge in [-0.3, -0.25) is 4.79 Å². The van der Waals surface area contributed by atoms with Gasteiger partial charge in [0, 0.05) is 12.1 Å². The zero-order chi connectivity index (χ0) is 13.6. The van der Waals surface area contributed by atoms with E-state index in [0.717, 1.165) is 0 Å². The lowest BCUT2D eigenvalue weighted by molar-refractivity contribution is 0.0534. The molecule has 0 radical (unpaired) electrons. The van der Waals surface area contributed by atoms with Gasteiger partial charge in [-0.25, -0.2) is 4.79 Å². The SMILES string of the molecule is CC(C)(C)OC(=O)NCC=Cc1ccoc1C=O. The van der Waals surface area contributed by atoms with Crippen molar-refractivity contribution in [3.8, 4) is 0 Å². The molecule has 0 aliphatic rings. The standard InChI is InChI=1S/C13H17NO4/c1-13(2,3)18-12(16)14-7-4-5-10-6-8-17-11(10)9-15/h4-6,8-9H,7H2,1-3H3,(H,14,16). The van der Waals surface area contributed by atoms with Crippen molar-refractivity contribution < 1.29 is 18.7 Å². The third kappa shape index (κ3) is 4.86. The second-order valence-electron chi connectivity index (χ2n) is 4.64. The Morgan fingerprint density at radius 3 is 2.83 bits per heavy atom. The summed E-state index contributed by atoms with van der Waals surface area (Å²) in [6, 6.07) is 1.67. The molecule has 18 heavy (non-hydrogen) atoms. The minimum atomic E-state index is -0.511. The van der Waals surface area contributed by atoms with E-state index in [-0.39, 0.29) is 5.76 Å². The molecule has 5 nitrogen and oxygen atoms in total. The van der Waals surface area contributed by atoms with Gasteiger partial charge in [-0.15, -0.1) is 0 Å². The minimum absolute atomic E-state index is 0.267. The fourth-order valence-electron chi connectivity index (χ4n) is 1.21. The number of carbonyl (C=O) groups is 2. The van der Waals surface area contributed by atoms with Crippen LogP contribution >= 0.6 is 0 Å². The molecule has 1 N–H and O–H groups in total. The molecule has 0 aliphatic heterocycles. The molecule has 1 amide bonds. The van der Waals surface area contributed by atoms with Crippen LogP contribution in [-0.4, -0.2) is 24.5 Å². The molecular weight excluding hydrogens is 234 g/mol. The van der Waals surface area contributed by atoms with E-state index < -0.39 is 11.7 Å². The molecule has 0 aromatic carbocycles. The Kier molecular flexibility index (Phi) is 4.71. The first-order valence-electron chi connectivity index (χ1n) is 5.58. The number of aldehydes is 1. The van der Waals surface area contributed by atoms with E-state index in [4.69, 9.17) is 9.15 Å². The molecule has 0 bridgehead atoms. The Labute approximate surface area is 106 Å². The molecule has 0 atom stereocenters. The topological polar surface area (TPSA) is 68.5 Å². The summed E-state index contributed by atoms with van der Waals surface area (Å²) in [5.41, 5.74) is 0.166. The maximum absolute atomic E-state index is 11.3. The minimum Gasteiger partial charge on any atom is -0.461 e. The largest absolute Gasteiger partial charge is 0.461 e. The zero-order valence-electron chi connectivity index (χ0n) is 10.7. The van der Waals surface area contributed by atoms with E-state index in [2.05, 4.69) is 5.32 Å². The highest BCUT2D eigenvalue weighted by Crippen LogP contribution is 2.09. The predicted molar refractivity (Wildman–Crippen MR) is 67.4 cm³/mol. The Balaban J connectivity index is 2.38. The molecule has 0 spiro atoms. The zero-order valence-corrected chi connectivity index (χ0v) is 10.7. The highest BCUT2D eigenvalue weighted by molar-refractivity contribution is 5.78. The summed E-state index contributed by atoms with van der Waals surface area (Å²) in [6.45, 7) is 5.71. The van der Waals surface area contributed by atoms with Crippen molar-refractivity contribution in [3.63, 3.8) is 0 Å². The molecule has 1 rings (SSSR count). The molecule has 5 heteroatoms. The third-order valence-electron chi connectivity index (χ3n) is 1.89. The molecule has 0 fully saturated rings. The van der Waals surface area contributed by atoms with Crippen LogP contribution in [0.25, 0.3) is 6.08 Å². The summed E-state index contributed by atoms with van der Waals surface area (Å²) in [5.74, 6) is 0.267. The predicted octanol–water partition coefficient (Wildman–Crippen LogP) is 2.63. The highest BCUT2D eigenvalue weighted by atomic mass is 16.6. The van der Waals surface area contributed by atoms with Crippen LogP contribution in [0.4, 0.5) is 4.79 Å². The van der Waals surface area contributed by atoms with Crippen LogP contribution in [0.5, 0.6) is 0 Å². The van der Waals surface area contributed by atoms with Crippen LogP contribution in [0.15, 0.2) is 22.8 Å².